The SMILES string of the molecule is CN(C)Cc1cccc(CNC(=O)NCC(C)(O)c2ccsc2)c1. The summed E-state index contributed by atoms with van der Waals surface area (Å²) in [6, 6.07) is 9.71. The summed E-state index contributed by atoms with van der Waals surface area (Å²) in [6.45, 7) is 3.17. The molecule has 6 heteroatoms. The van der Waals surface area contributed by atoms with E-state index in [1.165, 1.54) is 16.9 Å². The van der Waals surface area contributed by atoms with E-state index in [9.17, 15) is 9.90 Å². The van der Waals surface area contributed by atoms with Crippen molar-refractivity contribution in [2.75, 3.05) is 20.6 Å². The third-order valence-electron chi connectivity index (χ3n) is 3.68. The van der Waals surface area contributed by atoms with Gasteiger partial charge in [-0.15, -0.1) is 0 Å². The Balaban J connectivity index is 1.81. The second-order valence-electron chi connectivity index (χ2n) is 6.38. The highest BCUT2D eigenvalue weighted by Gasteiger charge is 2.24. The molecule has 0 saturated carbocycles. The summed E-state index contributed by atoms with van der Waals surface area (Å²) in [5.74, 6) is 0. The van der Waals surface area contributed by atoms with Crippen LogP contribution in [0.2, 0.25) is 0 Å². The maximum Gasteiger partial charge on any atom is 0.315 e. The molecule has 3 N–H and O–H groups in total. The summed E-state index contributed by atoms with van der Waals surface area (Å²) < 4.78 is 0. The van der Waals surface area contributed by atoms with Crippen LogP contribution >= 0.6 is 11.3 Å². The first-order chi connectivity index (χ1) is 11.4. The van der Waals surface area contributed by atoms with Gasteiger partial charge < -0.3 is 20.6 Å². The minimum absolute atomic E-state index is 0.163. The van der Waals surface area contributed by atoms with Crippen LogP contribution in [-0.2, 0) is 18.7 Å². The number of hydrogen-bond donors (Lipinski definition) is 3. The number of rotatable bonds is 7. The van der Waals surface area contributed by atoms with Gasteiger partial charge in [-0.05, 0) is 54.5 Å². The molecule has 130 valence electrons. The maximum absolute atomic E-state index is 12.0. The number of nitrogens with zero attached hydrogens (tertiary/aromatic N) is 1. The van der Waals surface area contributed by atoms with Crippen molar-refractivity contribution in [1.82, 2.24) is 15.5 Å². The fraction of sp³-hybridized carbons (Fsp3) is 0.389. The van der Waals surface area contributed by atoms with Gasteiger partial charge in [0.25, 0.3) is 0 Å². The zero-order chi connectivity index (χ0) is 17.6. The number of thiophene rings is 1. The van der Waals surface area contributed by atoms with Gasteiger partial charge in [-0.2, -0.15) is 11.3 Å². The summed E-state index contributed by atoms with van der Waals surface area (Å²) in [5, 5.41) is 19.7. The Hall–Kier alpha value is -1.89. The second kappa shape index (κ2) is 8.28. The largest absolute Gasteiger partial charge is 0.384 e. The maximum atomic E-state index is 12.0. The Morgan fingerprint density at radius 2 is 2.00 bits per heavy atom. The van der Waals surface area contributed by atoms with Gasteiger partial charge in [-0.3, -0.25) is 0 Å². The minimum atomic E-state index is -1.07. The molecule has 1 unspecified atom stereocenters. The van der Waals surface area contributed by atoms with Crippen LogP contribution in [0.3, 0.4) is 0 Å². The van der Waals surface area contributed by atoms with Crippen molar-refractivity contribution in [2.24, 2.45) is 0 Å². The van der Waals surface area contributed by atoms with E-state index in [1.807, 2.05) is 43.1 Å². The third-order valence-corrected chi connectivity index (χ3v) is 4.36. The van der Waals surface area contributed by atoms with E-state index in [1.54, 1.807) is 6.92 Å². The molecule has 2 amide bonds. The predicted octanol–water partition coefficient (Wildman–Crippen LogP) is 2.52. The van der Waals surface area contributed by atoms with E-state index in [0.29, 0.717) is 6.54 Å². The van der Waals surface area contributed by atoms with E-state index in [0.717, 1.165) is 17.7 Å². The van der Waals surface area contributed by atoms with Crippen molar-refractivity contribution in [2.45, 2.75) is 25.6 Å². The van der Waals surface area contributed by atoms with Gasteiger partial charge >= 0.3 is 6.03 Å². The molecule has 0 bridgehead atoms. The standard InChI is InChI=1S/C18H25N3O2S/c1-18(23,16-7-8-24-12-16)13-20-17(22)19-10-14-5-4-6-15(9-14)11-21(2)3/h4-9,12,23H,10-11,13H2,1-3H3,(H2,19,20,22). The zero-order valence-electron chi connectivity index (χ0n) is 14.4. The number of urea groups is 1. The first-order valence-electron chi connectivity index (χ1n) is 7.86. The molecule has 0 aliphatic carbocycles. The van der Waals surface area contributed by atoms with Crippen LogP contribution in [0, 0.1) is 0 Å². The fourth-order valence-electron chi connectivity index (χ4n) is 2.37. The first-order valence-corrected chi connectivity index (χ1v) is 8.80. The Kier molecular flexibility index (Phi) is 6.36. The lowest BCUT2D eigenvalue weighted by molar-refractivity contribution is 0.0598. The number of amides is 2. The molecule has 0 aliphatic heterocycles. The predicted molar refractivity (Wildman–Crippen MR) is 98.0 cm³/mol. The summed E-state index contributed by atoms with van der Waals surface area (Å²) in [5.41, 5.74) is 2.00. The lowest BCUT2D eigenvalue weighted by Crippen LogP contribution is -2.43. The zero-order valence-corrected chi connectivity index (χ0v) is 15.2. The monoisotopic (exact) mass is 347 g/mol. The molecule has 24 heavy (non-hydrogen) atoms. The molecule has 2 aromatic rings. The molecule has 0 spiro atoms. The molecule has 1 atom stereocenters. The Morgan fingerprint density at radius 3 is 2.67 bits per heavy atom. The van der Waals surface area contributed by atoms with Crippen molar-refractivity contribution in [3.63, 3.8) is 0 Å². The van der Waals surface area contributed by atoms with Crippen molar-refractivity contribution in [1.29, 1.82) is 0 Å². The molecule has 2 rings (SSSR count). The summed E-state index contributed by atoms with van der Waals surface area (Å²) in [7, 11) is 4.05. The van der Waals surface area contributed by atoms with Crippen molar-refractivity contribution < 1.29 is 9.90 Å². The number of aliphatic hydroxyl groups is 1. The molecule has 1 heterocycles. The lowest BCUT2D eigenvalue weighted by Gasteiger charge is -2.23. The Bertz CT molecular complexity index is 654. The average molecular weight is 347 g/mol. The molecular weight excluding hydrogens is 322 g/mol. The van der Waals surface area contributed by atoms with Gasteiger partial charge in [-0.1, -0.05) is 24.3 Å². The van der Waals surface area contributed by atoms with Gasteiger partial charge in [0.1, 0.15) is 5.60 Å². The molecule has 0 aliphatic rings. The van der Waals surface area contributed by atoms with Crippen LogP contribution in [0.25, 0.3) is 0 Å². The van der Waals surface area contributed by atoms with E-state index >= 15 is 0 Å². The molecule has 5 nitrogen and oxygen atoms in total. The lowest BCUT2D eigenvalue weighted by atomic mass is 9.99. The molecule has 0 fully saturated rings. The smallest absolute Gasteiger partial charge is 0.315 e. The normalized spacial score (nSPS) is 13.5. The topological polar surface area (TPSA) is 64.6 Å². The van der Waals surface area contributed by atoms with Gasteiger partial charge in [0.05, 0.1) is 6.54 Å². The highest BCUT2D eigenvalue weighted by Crippen LogP contribution is 2.21. The van der Waals surface area contributed by atoms with Crippen LogP contribution < -0.4 is 10.6 Å². The highest BCUT2D eigenvalue weighted by atomic mass is 32.1. The average Bonchev–Trinajstić information content (AvgIpc) is 3.06. The summed E-state index contributed by atoms with van der Waals surface area (Å²) >= 11 is 1.52. The second-order valence-corrected chi connectivity index (χ2v) is 7.16. The number of carbonyl (C=O) groups excluding carboxylic acids is 1. The molecule has 1 aromatic heterocycles. The Morgan fingerprint density at radius 1 is 1.25 bits per heavy atom. The first kappa shape index (κ1) is 18.4. The van der Waals surface area contributed by atoms with E-state index in [2.05, 4.69) is 27.7 Å². The summed E-state index contributed by atoms with van der Waals surface area (Å²) in [4.78, 5) is 14.1. The van der Waals surface area contributed by atoms with E-state index in [4.69, 9.17) is 0 Å². The minimum Gasteiger partial charge on any atom is -0.384 e. The van der Waals surface area contributed by atoms with Crippen molar-refractivity contribution in [3.05, 3.63) is 57.8 Å². The van der Waals surface area contributed by atoms with Crippen LogP contribution in [0.4, 0.5) is 4.79 Å². The van der Waals surface area contributed by atoms with Crippen LogP contribution in [-0.4, -0.2) is 36.7 Å². The van der Waals surface area contributed by atoms with Gasteiger partial charge in [0, 0.05) is 13.1 Å². The van der Waals surface area contributed by atoms with Crippen LogP contribution in [0.15, 0.2) is 41.1 Å². The number of hydrogen-bond acceptors (Lipinski definition) is 4. The van der Waals surface area contributed by atoms with Gasteiger partial charge in [0.2, 0.25) is 0 Å². The molecule has 1 aromatic carbocycles. The molecule has 0 saturated heterocycles. The number of benzene rings is 1. The van der Waals surface area contributed by atoms with Crippen molar-refractivity contribution >= 4 is 17.4 Å². The van der Waals surface area contributed by atoms with E-state index in [-0.39, 0.29) is 12.6 Å². The third kappa shape index (κ3) is 5.63. The summed E-state index contributed by atoms with van der Waals surface area (Å²) in [6.07, 6.45) is 0. The van der Waals surface area contributed by atoms with Crippen LogP contribution in [0.1, 0.15) is 23.6 Å². The Labute approximate surface area is 147 Å². The fourth-order valence-corrected chi connectivity index (χ4v) is 3.16. The van der Waals surface area contributed by atoms with Gasteiger partial charge in [-0.25, -0.2) is 4.79 Å². The molecular formula is C18H25N3O2S. The van der Waals surface area contributed by atoms with Gasteiger partial charge in [0.15, 0.2) is 0 Å². The molecule has 0 radical (unpaired) electrons. The van der Waals surface area contributed by atoms with Crippen molar-refractivity contribution in [3.8, 4) is 0 Å². The number of nitrogens with one attached hydrogen (secondary N) is 2. The van der Waals surface area contributed by atoms with E-state index < -0.39 is 5.60 Å². The quantitative estimate of drug-likeness (QED) is 0.721. The highest BCUT2D eigenvalue weighted by molar-refractivity contribution is 7.08. The number of carbonyl (C=O) groups is 1. The van der Waals surface area contributed by atoms with Crippen LogP contribution in [0.5, 0.6) is 0 Å².